The van der Waals surface area contributed by atoms with Gasteiger partial charge in [-0.15, -0.1) is 11.3 Å². The third kappa shape index (κ3) is 5.85. The molecule has 0 bridgehead atoms. The van der Waals surface area contributed by atoms with E-state index in [-0.39, 0.29) is 18.4 Å². The first-order valence-electron chi connectivity index (χ1n) is 9.02. The summed E-state index contributed by atoms with van der Waals surface area (Å²) >= 11 is 1.44. The first-order valence-corrected chi connectivity index (χ1v) is 9.90. The molecule has 1 fully saturated rings. The number of thiazole rings is 1. The number of aromatic nitrogens is 1. The summed E-state index contributed by atoms with van der Waals surface area (Å²) < 4.78 is 48.9. The normalized spacial score (nSPS) is 15.5. The van der Waals surface area contributed by atoms with Crippen molar-refractivity contribution in [3.63, 3.8) is 0 Å². The number of carbonyl (C=O) groups excluding carboxylic acids is 1. The first-order chi connectivity index (χ1) is 13.4. The zero-order chi connectivity index (χ0) is 20.0. The number of amides is 1. The van der Waals surface area contributed by atoms with Gasteiger partial charge in [-0.3, -0.25) is 0 Å². The molecule has 1 saturated heterocycles. The molecule has 0 N–H and O–H groups in total. The molecular formula is C19H21F3N2O3S. The molecule has 0 spiro atoms. The molecule has 0 atom stereocenters. The van der Waals surface area contributed by atoms with Crippen LogP contribution in [0, 0.1) is 5.92 Å². The van der Waals surface area contributed by atoms with Crippen molar-refractivity contribution in [2.75, 3.05) is 19.7 Å². The molecule has 1 aromatic heterocycles. The molecule has 1 aliphatic rings. The van der Waals surface area contributed by atoms with E-state index in [1.165, 1.54) is 23.5 Å². The van der Waals surface area contributed by atoms with Crippen LogP contribution in [0.2, 0.25) is 0 Å². The second-order valence-electron chi connectivity index (χ2n) is 6.57. The molecule has 1 aliphatic heterocycles. The van der Waals surface area contributed by atoms with Gasteiger partial charge in [-0.2, -0.15) is 13.2 Å². The maximum Gasteiger partial charge on any atom is 0.416 e. The highest BCUT2D eigenvalue weighted by molar-refractivity contribution is 7.09. The third-order valence-electron chi connectivity index (χ3n) is 4.63. The van der Waals surface area contributed by atoms with E-state index in [4.69, 9.17) is 9.47 Å². The Morgan fingerprint density at radius 3 is 2.75 bits per heavy atom. The van der Waals surface area contributed by atoms with Crippen molar-refractivity contribution in [3.8, 4) is 5.75 Å². The predicted octanol–water partition coefficient (Wildman–Crippen LogP) is 4.98. The molecule has 9 heteroatoms. The summed E-state index contributed by atoms with van der Waals surface area (Å²) in [6.07, 6.45) is -0.676. The van der Waals surface area contributed by atoms with Gasteiger partial charge >= 0.3 is 12.3 Å². The summed E-state index contributed by atoms with van der Waals surface area (Å²) in [6, 6.07) is 4.90. The van der Waals surface area contributed by atoms with Crippen LogP contribution in [0.5, 0.6) is 5.75 Å². The number of likely N-dealkylation sites (tertiary alicyclic amines) is 1. The second kappa shape index (κ2) is 9.27. The van der Waals surface area contributed by atoms with Crippen LogP contribution in [0.1, 0.15) is 29.8 Å². The van der Waals surface area contributed by atoms with Crippen molar-refractivity contribution >= 4 is 17.4 Å². The Bertz CT molecular complexity index is 760. The van der Waals surface area contributed by atoms with Gasteiger partial charge in [0.05, 0.1) is 12.2 Å². The summed E-state index contributed by atoms with van der Waals surface area (Å²) in [5.74, 6) is 0.590. The molecule has 0 saturated carbocycles. The largest absolute Gasteiger partial charge is 0.494 e. The zero-order valence-corrected chi connectivity index (χ0v) is 16.0. The van der Waals surface area contributed by atoms with Gasteiger partial charge in [-0.05, 0) is 43.4 Å². The Morgan fingerprint density at radius 2 is 2.07 bits per heavy atom. The topological polar surface area (TPSA) is 51.7 Å². The van der Waals surface area contributed by atoms with Crippen molar-refractivity contribution in [1.29, 1.82) is 0 Å². The van der Waals surface area contributed by atoms with Gasteiger partial charge in [0.25, 0.3) is 0 Å². The van der Waals surface area contributed by atoms with E-state index in [9.17, 15) is 18.0 Å². The fourth-order valence-electron chi connectivity index (χ4n) is 3.05. The fourth-order valence-corrected chi connectivity index (χ4v) is 3.58. The van der Waals surface area contributed by atoms with Crippen LogP contribution in [0.3, 0.4) is 0 Å². The molecule has 0 radical (unpaired) electrons. The standard InChI is InChI=1S/C19H21F3N2O3S/c20-19(21,22)15-2-1-3-16(12-15)26-10-6-14-4-8-24(9-5-14)18(25)27-13-17-23-7-11-28-17/h1-3,7,11-12,14H,4-6,8-10,13H2. The Labute approximate surface area is 165 Å². The van der Waals surface area contributed by atoms with E-state index in [1.807, 2.05) is 5.38 Å². The minimum absolute atomic E-state index is 0.182. The van der Waals surface area contributed by atoms with Crippen LogP contribution in [-0.2, 0) is 17.5 Å². The van der Waals surface area contributed by atoms with Crippen LogP contribution in [0.4, 0.5) is 18.0 Å². The van der Waals surface area contributed by atoms with Crippen molar-refractivity contribution in [2.24, 2.45) is 5.92 Å². The van der Waals surface area contributed by atoms with E-state index in [1.54, 1.807) is 11.1 Å². The fraction of sp³-hybridized carbons (Fsp3) is 0.474. The van der Waals surface area contributed by atoms with Gasteiger partial charge in [-0.25, -0.2) is 9.78 Å². The highest BCUT2D eigenvalue weighted by atomic mass is 32.1. The van der Waals surface area contributed by atoms with Gasteiger partial charge in [-0.1, -0.05) is 6.07 Å². The molecule has 5 nitrogen and oxygen atoms in total. The summed E-state index contributed by atoms with van der Waals surface area (Å²) in [5.41, 5.74) is -0.713. The monoisotopic (exact) mass is 414 g/mol. The van der Waals surface area contributed by atoms with Crippen molar-refractivity contribution in [3.05, 3.63) is 46.4 Å². The number of hydrogen-bond acceptors (Lipinski definition) is 5. The van der Waals surface area contributed by atoms with E-state index < -0.39 is 11.7 Å². The van der Waals surface area contributed by atoms with E-state index >= 15 is 0 Å². The third-order valence-corrected chi connectivity index (χ3v) is 5.38. The Kier molecular flexibility index (Phi) is 6.77. The lowest BCUT2D eigenvalue weighted by Crippen LogP contribution is -2.39. The maximum absolute atomic E-state index is 12.7. The summed E-state index contributed by atoms with van der Waals surface area (Å²) in [7, 11) is 0. The Morgan fingerprint density at radius 1 is 1.29 bits per heavy atom. The number of piperidine rings is 1. The zero-order valence-electron chi connectivity index (χ0n) is 15.2. The number of carbonyl (C=O) groups is 1. The Hall–Kier alpha value is -2.29. The summed E-state index contributed by atoms with van der Waals surface area (Å²) in [6.45, 7) is 1.73. The molecule has 2 aromatic rings. The molecule has 3 rings (SSSR count). The quantitative estimate of drug-likeness (QED) is 0.669. The number of ether oxygens (including phenoxy) is 2. The summed E-state index contributed by atoms with van der Waals surface area (Å²) in [5, 5.41) is 2.59. The number of benzene rings is 1. The average Bonchev–Trinajstić information content (AvgIpc) is 3.20. The number of nitrogens with zero attached hydrogens (tertiary/aromatic N) is 2. The molecule has 28 heavy (non-hydrogen) atoms. The van der Waals surface area contributed by atoms with Crippen LogP contribution in [0.25, 0.3) is 0 Å². The molecular weight excluding hydrogens is 393 g/mol. The van der Waals surface area contributed by atoms with Crippen molar-refractivity contribution in [1.82, 2.24) is 9.88 Å². The first kappa shape index (κ1) is 20.4. The van der Waals surface area contributed by atoms with Gasteiger partial charge in [0.15, 0.2) is 0 Å². The highest BCUT2D eigenvalue weighted by Crippen LogP contribution is 2.31. The summed E-state index contributed by atoms with van der Waals surface area (Å²) in [4.78, 5) is 17.8. The van der Waals surface area contributed by atoms with Crippen molar-refractivity contribution in [2.45, 2.75) is 32.0 Å². The lowest BCUT2D eigenvalue weighted by molar-refractivity contribution is -0.137. The molecule has 1 aromatic carbocycles. The minimum Gasteiger partial charge on any atom is -0.494 e. The number of rotatable bonds is 6. The van der Waals surface area contributed by atoms with Gasteiger partial charge in [0.2, 0.25) is 0 Å². The van der Waals surface area contributed by atoms with E-state index in [2.05, 4.69) is 4.98 Å². The van der Waals surface area contributed by atoms with E-state index in [0.717, 1.165) is 36.4 Å². The predicted molar refractivity (Wildman–Crippen MR) is 98.2 cm³/mol. The highest BCUT2D eigenvalue weighted by Gasteiger charge is 2.30. The van der Waals surface area contributed by atoms with Crippen LogP contribution in [-0.4, -0.2) is 35.7 Å². The van der Waals surface area contributed by atoms with Gasteiger partial charge < -0.3 is 14.4 Å². The lowest BCUT2D eigenvalue weighted by atomic mass is 9.94. The van der Waals surface area contributed by atoms with Gasteiger partial charge in [0, 0.05) is 24.7 Å². The van der Waals surface area contributed by atoms with Crippen LogP contribution in [0.15, 0.2) is 35.8 Å². The van der Waals surface area contributed by atoms with Crippen LogP contribution < -0.4 is 4.74 Å². The number of halogens is 3. The minimum atomic E-state index is -4.37. The maximum atomic E-state index is 12.7. The van der Waals surface area contributed by atoms with E-state index in [0.29, 0.717) is 25.6 Å². The molecule has 1 amide bonds. The number of alkyl halides is 3. The molecule has 152 valence electrons. The molecule has 0 aliphatic carbocycles. The second-order valence-corrected chi connectivity index (χ2v) is 7.55. The smallest absolute Gasteiger partial charge is 0.416 e. The molecule has 0 unspecified atom stereocenters. The van der Waals surface area contributed by atoms with Crippen molar-refractivity contribution < 1.29 is 27.4 Å². The van der Waals surface area contributed by atoms with Gasteiger partial charge in [0.1, 0.15) is 17.4 Å². The lowest BCUT2D eigenvalue weighted by Gasteiger charge is -2.31. The average molecular weight is 414 g/mol. The molecule has 2 heterocycles. The Balaban J connectivity index is 1.36. The van der Waals surface area contributed by atoms with Crippen LogP contribution >= 0.6 is 11.3 Å². The number of hydrogen-bond donors (Lipinski definition) is 0. The SMILES string of the molecule is O=C(OCc1nccs1)N1CCC(CCOc2cccc(C(F)(F)F)c2)CC1.